The van der Waals surface area contributed by atoms with Crippen molar-refractivity contribution in [2.75, 3.05) is 18.9 Å². The Kier molecular flexibility index (Phi) is 14.7. The molecule has 0 spiro atoms. The SMILES string of the molecule is NC(=O)C1=CN([C@H]2OC(COP(=O)([O-])OP(=O)([O-])OCC3O[C@H](n4cnc5c(N)ncnc54)C(O)C3O)C(O)C2O)C=CC1.[K+].[K+]. The monoisotopic (exact) mass is 741 g/mol. The van der Waals surface area contributed by atoms with E-state index in [1.807, 2.05) is 0 Å². The number of imidazole rings is 1. The summed E-state index contributed by atoms with van der Waals surface area (Å²) in [5, 5.41) is 41.5. The van der Waals surface area contributed by atoms with Crippen LogP contribution in [0.15, 0.2) is 36.7 Å². The van der Waals surface area contributed by atoms with Crippen LogP contribution < -0.4 is 124 Å². The van der Waals surface area contributed by atoms with Gasteiger partial charge >= 0.3 is 103 Å². The normalized spacial score (nSPS) is 31.9. The van der Waals surface area contributed by atoms with Gasteiger partial charge in [0.05, 0.1) is 19.5 Å². The first-order valence-electron chi connectivity index (χ1n) is 12.7. The van der Waals surface area contributed by atoms with E-state index in [4.69, 9.17) is 20.9 Å². The fraction of sp³-hybridized carbons (Fsp3) is 0.524. The summed E-state index contributed by atoms with van der Waals surface area (Å²) in [7, 11) is -11.4. The molecule has 21 nitrogen and oxygen atoms in total. The van der Waals surface area contributed by atoms with Crippen LogP contribution in [-0.4, -0.2) is 107 Å². The molecule has 0 radical (unpaired) electrons. The second-order valence-electron chi connectivity index (χ2n) is 9.80. The maximum absolute atomic E-state index is 12.3. The summed E-state index contributed by atoms with van der Waals surface area (Å²) in [6.45, 7) is -1.97. The number of nitrogens with zero attached hydrogens (tertiary/aromatic N) is 5. The summed E-state index contributed by atoms with van der Waals surface area (Å²) in [6, 6.07) is 0. The third-order valence-corrected chi connectivity index (χ3v) is 9.39. The molecular weight excluding hydrogens is 714 g/mol. The van der Waals surface area contributed by atoms with Gasteiger partial charge in [-0.3, -0.25) is 18.5 Å². The second kappa shape index (κ2) is 16.6. The van der Waals surface area contributed by atoms with Crippen molar-refractivity contribution >= 4 is 38.5 Å². The number of primary amides is 1. The number of phosphoric acid groups is 2. The van der Waals surface area contributed by atoms with Crippen LogP contribution in [0.4, 0.5) is 5.82 Å². The number of nitrogen functional groups attached to an aromatic ring is 1. The van der Waals surface area contributed by atoms with Crippen LogP contribution in [0.2, 0.25) is 0 Å². The van der Waals surface area contributed by atoms with E-state index in [0.29, 0.717) is 0 Å². The van der Waals surface area contributed by atoms with Gasteiger partial charge in [-0.1, -0.05) is 6.08 Å². The maximum atomic E-state index is 12.3. The predicted molar refractivity (Wildman–Crippen MR) is 137 cm³/mol. The van der Waals surface area contributed by atoms with Gasteiger partial charge in [0.1, 0.15) is 48.5 Å². The molecule has 0 aliphatic carbocycles. The summed E-state index contributed by atoms with van der Waals surface area (Å²) in [5.74, 6) is -0.686. The molecule has 0 saturated carbocycles. The fourth-order valence-corrected chi connectivity index (χ4v) is 6.68. The zero-order chi connectivity index (χ0) is 32.0. The molecular formula is C21H27K2N7O14P2. The number of carbonyl (C=O) groups excluding carboxylic acids is 1. The summed E-state index contributed by atoms with van der Waals surface area (Å²) in [4.78, 5) is 49.0. The van der Waals surface area contributed by atoms with E-state index in [-0.39, 0.29) is 132 Å². The van der Waals surface area contributed by atoms with Crippen LogP contribution in [0, 0.1) is 0 Å². The number of amides is 1. The van der Waals surface area contributed by atoms with Crippen molar-refractivity contribution < 1.29 is 170 Å². The van der Waals surface area contributed by atoms with E-state index in [1.165, 1.54) is 28.2 Å². The Morgan fingerprint density at radius 1 is 0.957 bits per heavy atom. The number of aliphatic hydroxyl groups is 4. The maximum Gasteiger partial charge on any atom is 1.00 e. The van der Waals surface area contributed by atoms with E-state index in [2.05, 4.69) is 28.3 Å². The number of phosphoric ester groups is 2. The first-order chi connectivity index (χ1) is 20.7. The van der Waals surface area contributed by atoms with E-state index in [0.717, 1.165) is 6.33 Å². The summed E-state index contributed by atoms with van der Waals surface area (Å²) in [5.41, 5.74) is 11.5. The minimum Gasteiger partial charge on any atom is -0.756 e. The van der Waals surface area contributed by atoms with Crippen LogP contribution >= 0.6 is 15.6 Å². The van der Waals surface area contributed by atoms with Gasteiger partial charge in [0.25, 0.3) is 15.6 Å². The Morgan fingerprint density at radius 2 is 1.52 bits per heavy atom. The number of anilines is 1. The van der Waals surface area contributed by atoms with Crippen molar-refractivity contribution in [3.8, 4) is 0 Å². The zero-order valence-electron chi connectivity index (χ0n) is 24.3. The van der Waals surface area contributed by atoms with Crippen molar-refractivity contribution in [1.82, 2.24) is 24.4 Å². The molecule has 0 bridgehead atoms. The number of ether oxygens (including phenoxy) is 2. The first kappa shape index (κ1) is 40.8. The van der Waals surface area contributed by atoms with Gasteiger partial charge < -0.3 is 65.1 Å². The number of hydrogen-bond donors (Lipinski definition) is 6. The summed E-state index contributed by atoms with van der Waals surface area (Å²) >= 11 is 0. The van der Waals surface area contributed by atoms with Gasteiger partial charge in [0.15, 0.2) is 23.9 Å². The Hall–Kier alpha value is 0.393. The molecule has 10 atom stereocenters. The first-order valence-corrected chi connectivity index (χ1v) is 15.6. The predicted octanol–water partition coefficient (Wildman–Crippen LogP) is -9.94. The summed E-state index contributed by atoms with van der Waals surface area (Å²) < 4.78 is 49.9. The molecule has 5 heterocycles. The van der Waals surface area contributed by atoms with Gasteiger partial charge in [-0.15, -0.1) is 0 Å². The van der Waals surface area contributed by atoms with Crippen molar-refractivity contribution in [3.05, 3.63) is 36.7 Å². The summed E-state index contributed by atoms with van der Waals surface area (Å²) in [6.07, 6.45) is -5.32. The molecule has 25 heteroatoms. The quantitative estimate of drug-likeness (QED) is 0.0920. The molecule has 2 saturated heterocycles. The number of aromatic nitrogens is 4. The van der Waals surface area contributed by atoms with Crippen LogP contribution in [0.3, 0.4) is 0 Å². The van der Waals surface area contributed by atoms with Crippen LogP contribution in [0.5, 0.6) is 0 Å². The van der Waals surface area contributed by atoms with Crippen LogP contribution in [0.25, 0.3) is 11.2 Å². The molecule has 8 N–H and O–H groups in total. The number of hydrogen-bond acceptors (Lipinski definition) is 19. The minimum absolute atomic E-state index is 0. The number of carbonyl (C=O) groups is 1. The fourth-order valence-electron chi connectivity index (χ4n) is 4.66. The van der Waals surface area contributed by atoms with Crippen LogP contribution in [-0.2, 0) is 36.8 Å². The third-order valence-electron chi connectivity index (χ3n) is 6.86. The topological polar surface area (TPSA) is 323 Å². The average molecular weight is 742 g/mol. The molecule has 242 valence electrons. The molecule has 2 aromatic heterocycles. The number of allylic oxidation sites excluding steroid dienone is 1. The Balaban J connectivity index is 0.00000288. The zero-order valence-corrected chi connectivity index (χ0v) is 32.3. The third kappa shape index (κ3) is 9.19. The van der Waals surface area contributed by atoms with Crippen molar-refractivity contribution in [3.63, 3.8) is 0 Å². The number of nitrogens with two attached hydrogens (primary N) is 2. The molecule has 3 aliphatic rings. The molecule has 3 aliphatic heterocycles. The smallest absolute Gasteiger partial charge is 0.756 e. The molecule has 2 fully saturated rings. The second-order valence-corrected chi connectivity index (χ2v) is 12.8. The van der Waals surface area contributed by atoms with E-state index in [1.54, 1.807) is 6.08 Å². The van der Waals surface area contributed by atoms with E-state index < -0.39 is 83.8 Å². The molecule has 8 unspecified atom stereocenters. The van der Waals surface area contributed by atoms with Gasteiger partial charge in [-0.2, -0.15) is 0 Å². The van der Waals surface area contributed by atoms with Gasteiger partial charge in [0.2, 0.25) is 5.91 Å². The standard InChI is InChI=1S/C21H29N7O14P2.2K/c22-17-12-19(25-7-24-17)28(8-26-12)21-16(32)14(30)11(41-21)6-39-44(36,37)42-43(34,35)38-5-10-13(29)15(31)20(40-10)27-3-1-2-9(4-27)18(23)33;;/h1,3-4,7-8,10-11,13-16,20-21,29-32H,2,5-6H2,(H2,23,33)(H,34,35)(H,36,37)(H2,22,24,25);;/q;2*+1/p-2/t10?,11?,13?,14?,15?,16?,20-,21-;;/m0../s1. The van der Waals surface area contributed by atoms with Crippen molar-refractivity contribution in [2.24, 2.45) is 5.73 Å². The van der Waals surface area contributed by atoms with Crippen molar-refractivity contribution in [2.45, 2.75) is 55.5 Å². The number of rotatable bonds is 11. The Morgan fingerprint density at radius 3 is 2.11 bits per heavy atom. The van der Waals surface area contributed by atoms with Gasteiger partial charge in [0, 0.05) is 18.0 Å². The van der Waals surface area contributed by atoms with Crippen LogP contribution in [0.1, 0.15) is 12.6 Å². The Labute approximate surface area is 345 Å². The van der Waals surface area contributed by atoms with E-state index in [9.17, 15) is 44.1 Å². The Bertz CT molecular complexity index is 1570. The van der Waals surface area contributed by atoms with Crippen molar-refractivity contribution in [1.29, 1.82) is 0 Å². The largest absolute Gasteiger partial charge is 1.00 e. The average Bonchev–Trinajstić information content (AvgIpc) is 3.61. The number of fused-ring (bicyclic) bond motifs is 1. The minimum atomic E-state index is -5.68. The number of aliphatic hydroxyl groups excluding tert-OH is 4. The molecule has 46 heavy (non-hydrogen) atoms. The molecule has 0 aromatic carbocycles. The molecule has 5 rings (SSSR count). The molecule has 1 amide bonds. The van der Waals surface area contributed by atoms with E-state index >= 15 is 0 Å². The molecule has 2 aromatic rings. The van der Waals surface area contributed by atoms with Gasteiger partial charge in [-0.05, 0) is 6.42 Å². The van der Waals surface area contributed by atoms with Gasteiger partial charge in [-0.25, -0.2) is 19.3 Å².